The predicted octanol–water partition coefficient (Wildman–Crippen LogP) is 6.45. The van der Waals surface area contributed by atoms with Gasteiger partial charge in [0.25, 0.3) is 0 Å². The number of hydrogen-bond donors (Lipinski definition) is 1. The molecule has 164 valence electrons. The van der Waals surface area contributed by atoms with Crippen LogP contribution in [0.1, 0.15) is 19.0 Å². The number of ether oxygens (including phenoxy) is 1. The van der Waals surface area contributed by atoms with Gasteiger partial charge in [-0.2, -0.15) is 4.98 Å². The number of allylic oxidation sites excluding steroid dienone is 5. The highest BCUT2D eigenvalue weighted by molar-refractivity contribution is 7.18. The van der Waals surface area contributed by atoms with Crippen molar-refractivity contribution in [3.05, 3.63) is 82.2 Å². The van der Waals surface area contributed by atoms with Gasteiger partial charge in [-0.05, 0) is 49.6 Å². The third kappa shape index (κ3) is 4.25. The van der Waals surface area contributed by atoms with Crippen LogP contribution in [0.15, 0.2) is 71.5 Å². The van der Waals surface area contributed by atoms with Crippen molar-refractivity contribution in [3.8, 4) is 27.2 Å². The maximum absolute atomic E-state index is 11.2. The first-order valence-corrected chi connectivity index (χ1v) is 11.5. The molecule has 0 fully saturated rings. The van der Waals surface area contributed by atoms with Crippen molar-refractivity contribution in [2.75, 3.05) is 0 Å². The summed E-state index contributed by atoms with van der Waals surface area (Å²) in [5, 5.41) is 1.42. The SMILES string of the molecule is CC1=C(C=O)CC=C(Oc2nc3nc(-c4sc(-c5ccccc5)nc4C)c(Cl)cc3[nH]2)C=C1. The zero-order chi connectivity index (χ0) is 22.9. The van der Waals surface area contributed by atoms with Crippen LogP contribution in [0.5, 0.6) is 6.01 Å². The molecule has 6 nitrogen and oxygen atoms in total. The summed E-state index contributed by atoms with van der Waals surface area (Å²) in [6, 6.07) is 12.1. The van der Waals surface area contributed by atoms with Gasteiger partial charge in [0, 0.05) is 5.56 Å². The van der Waals surface area contributed by atoms with Crippen LogP contribution in [0.2, 0.25) is 5.02 Å². The van der Waals surface area contributed by atoms with E-state index in [4.69, 9.17) is 26.3 Å². The van der Waals surface area contributed by atoms with Crippen LogP contribution in [0.3, 0.4) is 0 Å². The van der Waals surface area contributed by atoms with Gasteiger partial charge in [0.1, 0.15) is 22.7 Å². The standard InChI is InChI=1S/C25H19ClN4O2S/c1-14-8-10-18(11-9-17(14)13-31)32-25-28-20-12-19(26)21(29-23(20)30-25)22-15(2)27-24(33-22)16-6-4-3-5-7-16/h3-8,10-13H,9H2,1-2H3,(H,28,29,30). The number of thiazole rings is 1. The fourth-order valence-electron chi connectivity index (χ4n) is 3.51. The fourth-order valence-corrected chi connectivity index (χ4v) is 4.88. The number of hydrogen-bond acceptors (Lipinski definition) is 6. The molecule has 1 aliphatic rings. The van der Waals surface area contributed by atoms with Crippen molar-refractivity contribution in [3.63, 3.8) is 0 Å². The molecular formula is C25H19ClN4O2S. The summed E-state index contributed by atoms with van der Waals surface area (Å²) >= 11 is 8.15. The largest absolute Gasteiger partial charge is 0.426 e. The Bertz CT molecular complexity index is 1460. The maximum Gasteiger partial charge on any atom is 0.301 e. The molecule has 5 rings (SSSR count). The lowest BCUT2D eigenvalue weighted by atomic mass is 10.1. The quantitative estimate of drug-likeness (QED) is 0.336. The molecular weight excluding hydrogens is 456 g/mol. The normalized spacial score (nSPS) is 13.8. The topological polar surface area (TPSA) is 80.8 Å². The Morgan fingerprint density at radius 1 is 1.12 bits per heavy atom. The van der Waals surface area contributed by atoms with E-state index < -0.39 is 0 Å². The fraction of sp³-hybridized carbons (Fsp3) is 0.120. The van der Waals surface area contributed by atoms with E-state index in [1.807, 2.05) is 62.4 Å². The molecule has 4 aromatic rings. The molecule has 1 aromatic carbocycles. The highest BCUT2D eigenvalue weighted by Gasteiger charge is 2.18. The average Bonchev–Trinajstić information content (AvgIpc) is 3.34. The summed E-state index contributed by atoms with van der Waals surface area (Å²) in [6.07, 6.45) is 6.90. The number of carbonyl (C=O) groups excluding carboxylic acids is 1. The molecule has 0 unspecified atom stereocenters. The van der Waals surface area contributed by atoms with Crippen LogP contribution in [-0.4, -0.2) is 26.2 Å². The number of aldehydes is 1. The minimum absolute atomic E-state index is 0.305. The van der Waals surface area contributed by atoms with Crippen molar-refractivity contribution in [2.45, 2.75) is 20.3 Å². The summed E-state index contributed by atoms with van der Waals surface area (Å²) in [5.41, 5.74) is 5.37. The second kappa shape index (κ2) is 8.77. The molecule has 1 N–H and O–H groups in total. The average molecular weight is 475 g/mol. The van der Waals surface area contributed by atoms with E-state index >= 15 is 0 Å². The Morgan fingerprint density at radius 3 is 2.73 bits per heavy atom. The monoisotopic (exact) mass is 474 g/mol. The van der Waals surface area contributed by atoms with E-state index in [1.165, 1.54) is 0 Å². The zero-order valence-electron chi connectivity index (χ0n) is 17.9. The lowest BCUT2D eigenvalue weighted by Gasteiger charge is -2.01. The molecule has 3 heterocycles. The number of benzene rings is 1. The first-order chi connectivity index (χ1) is 16.0. The highest BCUT2D eigenvalue weighted by atomic mass is 35.5. The number of carbonyl (C=O) groups is 1. The van der Waals surface area contributed by atoms with Crippen LogP contribution in [0.25, 0.3) is 32.3 Å². The van der Waals surface area contributed by atoms with Crippen LogP contribution < -0.4 is 4.74 Å². The zero-order valence-corrected chi connectivity index (χ0v) is 19.5. The third-order valence-electron chi connectivity index (χ3n) is 5.32. The molecule has 33 heavy (non-hydrogen) atoms. The lowest BCUT2D eigenvalue weighted by Crippen LogP contribution is -1.94. The van der Waals surface area contributed by atoms with E-state index in [2.05, 4.69) is 9.97 Å². The van der Waals surface area contributed by atoms with Gasteiger partial charge >= 0.3 is 6.01 Å². The molecule has 0 saturated heterocycles. The summed E-state index contributed by atoms with van der Waals surface area (Å²) in [7, 11) is 0. The van der Waals surface area contributed by atoms with Crippen LogP contribution >= 0.6 is 22.9 Å². The second-order valence-electron chi connectivity index (χ2n) is 7.60. The van der Waals surface area contributed by atoms with Gasteiger partial charge in [-0.15, -0.1) is 11.3 Å². The van der Waals surface area contributed by atoms with Gasteiger partial charge < -0.3 is 9.72 Å². The van der Waals surface area contributed by atoms with Gasteiger partial charge in [0.2, 0.25) is 0 Å². The van der Waals surface area contributed by atoms with Gasteiger partial charge in [0.05, 0.1) is 21.1 Å². The number of pyridine rings is 1. The molecule has 0 aliphatic heterocycles. The van der Waals surface area contributed by atoms with Crippen molar-refractivity contribution >= 4 is 40.4 Å². The summed E-state index contributed by atoms with van der Waals surface area (Å²) < 4.78 is 5.90. The number of aryl methyl sites for hydroxylation is 1. The summed E-state index contributed by atoms with van der Waals surface area (Å²) in [6.45, 7) is 3.85. The Kier molecular flexibility index (Phi) is 5.66. The minimum Gasteiger partial charge on any atom is -0.426 e. The number of aromatic nitrogens is 4. The Hall–Kier alpha value is -3.55. The van der Waals surface area contributed by atoms with Crippen LogP contribution in [0.4, 0.5) is 0 Å². The number of nitrogens with one attached hydrogen (secondary N) is 1. The third-order valence-corrected chi connectivity index (χ3v) is 6.82. The number of halogens is 1. The molecule has 0 bridgehead atoms. The van der Waals surface area contributed by atoms with Crippen LogP contribution in [-0.2, 0) is 4.79 Å². The molecule has 0 radical (unpaired) electrons. The maximum atomic E-state index is 11.2. The first-order valence-electron chi connectivity index (χ1n) is 10.3. The summed E-state index contributed by atoms with van der Waals surface area (Å²) in [5.74, 6) is 0.599. The van der Waals surface area contributed by atoms with Gasteiger partial charge in [-0.25, -0.2) is 9.97 Å². The molecule has 0 spiro atoms. The summed E-state index contributed by atoms with van der Waals surface area (Å²) in [4.78, 5) is 29.1. The minimum atomic E-state index is 0.305. The molecule has 8 heteroatoms. The smallest absolute Gasteiger partial charge is 0.301 e. The van der Waals surface area contributed by atoms with Crippen molar-refractivity contribution in [2.24, 2.45) is 0 Å². The number of H-pyrrole nitrogens is 1. The molecule has 1 aliphatic carbocycles. The number of aromatic amines is 1. The Morgan fingerprint density at radius 2 is 1.94 bits per heavy atom. The number of fused-ring (bicyclic) bond motifs is 1. The van der Waals surface area contributed by atoms with Gasteiger partial charge in [-0.3, -0.25) is 4.79 Å². The predicted molar refractivity (Wildman–Crippen MR) is 131 cm³/mol. The van der Waals surface area contributed by atoms with E-state index in [1.54, 1.807) is 17.4 Å². The van der Waals surface area contributed by atoms with Crippen LogP contribution in [0, 0.1) is 6.92 Å². The molecule has 0 atom stereocenters. The number of imidazole rings is 1. The van der Waals surface area contributed by atoms with Crippen molar-refractivity contribution in [1.29, 1.82) is 0 Å². The van der Waals surface area contributed by atoms with E-state index in [-0.39, 0.29) is 0 Å². The Balaban J connectivity index is 1.46. The number of rotatable bonds is 5. The Labute approximate surface area is 199 Å². The van der Waals surface area contributed by atoms with E-state index in [9.17, 15) is 4.79 Å². The van der Waals surface area contributed by atoms with E-state index in [0.29, 0.717) is 40.1 Å². The van der Waals surface area contributed by atoms with Gasteiger partial charge in [0.15, 0.2) is 5.65 Å². The number of nitrogens with zero attached hydrogens (tertiary/aromatic N) is 3. The molecule has 0 amide bonds. The highest BCUT2D eigenvalue weighted by Crippen LogP contribution is 2.38. The van der Waals surface area contributed by atoms with Crippen molar-refractivity contribution < 1.29 is 9.53 Å². The molecule has 3 aromatic heterocycles. The van der Waals surface area contributed by atoms with Crippen molar-refractivity contribution in [1.82, 2.24) is 19.9 Å². The van der Waals surface area contributed by atoms with Gasteiger partial charge in [-0.1, -0.05) is 48.0 Å². The van der Waals surface area contributed by atoms with E-state index in [0.717, 1.165) is 38.6 Å². The lowest BCUT2D eigenvalue weighted by molar-refractivity contribution is -0.105. The second-order valence-corrected chi connectivity index (χ2v) is 9.01. The first kappa shape index (κ1) is 21.3. The molecule has 0 saturated carbocycles.